The zero-order valence-corrected chi connectivity index (χ0v) is 15.4. The van der Waals surface area contributed by atoms with Gasteiger partial charge in [-0.2, -0.15) is 4.98 Å². The number of pyridine rings is 1. The van der Waals surface area contributed by atoms with Gasteiger partial charge in [0, 0.05) is 29.9 Å². The Labute approximate surface area is 165 Å². The molecule has 29 heavy (non-hydrogen) atoms. The minimum absolute atomic E-state index is 0.0171. The van der Waals surface area contributed by atoms with Crippen molar-refractivity contribution < 1.29 is 28.3 Å². The van der Waals surface area contributed by atoms with Gasteiger partial charge in [0.25, 0.3) is 5.89 Å². The smallest absolute Gasteiger partial charge is 0.306 e. The number of hydrogen-bond acceptors (Lipinski definition) is 9. The summed E-state index contributed by atoms with van der Waals surface area (Å²) in [4.78, 5) is 32.4. The molecular weight excluding hydrogens is 378 g/mol. The molecule has 0 spiro atoms. The summed E-state index contributed by atoms with van der Waals surface area (Å²) in [5.74, 6) is 0.948. The molecule has 3 aromatic rings. The fourth-order valence-corrected chi connectivity index (χ4v) is 2.72. The van der Waals surface area contributed by atoms with Crippen molar-refractivity contribution in [2.24, 2.45) is 0 Å². The van der Waals surface area contributed by atoms with Crippen LogP contribution < -0.4 is 9.47 Å². The van der Waals surface area contributed by atoms with E-state index in [1.54, 1.807) is 42.7 Å². The van der Waals surface area contributed by atoms with E-state index in [1.807, 2.05) is 0 Å². The number of aromatic nitrogens is 3. The lowest BCUT2D eigenvalue weighted by molar-refractivity contribution is -0.145. The van der Waals surface area contributed by atoms with Gasteiger partial charge in [-0.25, -0.2) is 0 Å². The topological polar surface area (TPSA) is 114 Å². The number of carbonyl (C=O) groups is 2. The number of Topliss-reactive ketones (excluding diaryl/α,β-unsaturated/α-hetero) is 1. The predicted molar refractivity (Wildman–Crippen MR) is 98.3 cm³/mol. The lowest BCUT2D eigenvalue weighted by Crippen LogP contribution is -2.16. The molecule has 1 aliphatic rings. The highest BCUT2D eigenvalue weighted by Crippen LogP contribution is 2.31. The third-order valence-electron chi connectivity index (χ3n) is 4.16. The van der Waals surface area contributed by atoms with E-state index in [4.69, 9.17) is 18.7 Å². The van der Waals surface area contributed by atoms with E-state index in [2.05, 4.69) is 15.1 Å². The Kier molecular flexibility index (Phi) is 5.46. The molecule has 1 aromatic carbocycles. The number of fused-ring (bicyclic) bond motifs is 1. The number of rotatable bonds is 7. The second kappa shape index (κ2) is 8.51. The Hall–Kier alpha value is -3.75. The summed E-state index contributed by atoms with van der Waals surface area (Å²) in [5, 5.41) is 3.82. The third-order valence-corrected chi connectivity index (χ3v) is 4.16. The third kappa shape index (κ3) is 4.57. The van der Waals surface area contributed by atoms with E-state index in [0.717, 1.165) is 0 Å². The molecule has 148 valence electrons. The maximum Gasteiger partial charge on any atom is 0.306 e. The molecule has 1 aliphatic heterocycles. The molecule has 0 amide bonds. The van der Waals surface area contributed by atoms with Gasteiger partial charge in [0.2, 0.25) is 5.82 Å². The number of ether oxygens (including phenoxy) is 3. The van der Waals surface area contributed by atoms with Crippen molar-refractivity contribution in [1.82, 2.24) is 15.1 Å². The van der Waals surface area contributed by atoms with Crippen molar-refractivity contribution in [2.45, 2.75) is 19.4 Å². The fraction of sp³-hybridized carbons (Fsp3) is 0.250. The molecule has 3 heterocycles. The van der Waals surface area contributed by atoms with Gasteiger partial charge in [0.1, 0.15) is 13.2 Å². The Morgan fingerprint density at radius 3 is 2.76 bits per heavy atom. The van der Waals surface area contributed by atoms with Crippen LogP contribution in [0.1, 0.15) is 29.1 Å². The van der Waals surface area contributed by atoms with Gasteiger partial charge in [-0.1, -0.05) is 5.16 Å². The van der Waals surface area contributed by atoms with Gasteiger partial charge in [0.05, 0.1) is 6.42 Å². The average Bonchev–Trinajstić information content (AvgIpc) is 3.25. The number of benzene rings is 1. The molecule has 0 saturated carbocycles. The highest BCUT2D eigenvalue weighted by Gasteiger charge is 2.17. The standard InChI is InChI=1S/C20H17N3O6/c24-15(13-3-5-16-17(10-13)27-9-8-26-16)4-6-19(25)28-12-18-22-20(23-29-18)14-2-1-7-21-11-14/h1-3,5,7,10-11H,4,6,8-9,12H2. The monoisotopic (exact) mass is 395 g/mol. The van der Waals surface area contributed by atoms with Crippen LogP contribution in [0.5, 0.6) is 11.5 Å². The van der Waals surface area contributed by atoms with E-state index < -0.39 is 5.97 Å². The average molecular weight is 395 g/mol. The molecule has 9 heteroatoms. The van der Waals surface area contributed by atoms with Crippen molar-refractivity contribution >= 4 is 11.8 Å². The molecule has 0 N–H and O–H groups in total. The van der Waals surface area contributed by atoms with Crippen LogP contribution in [0.4, 0.5) is 0 Å². The van der Waals surface area contributed by atoms with Crippen LogP contribution in [-0.2, 0) is 16.1 Å². The van der Waals surface area contributed by atoms with E-state index in [1.165, 1.54) is 0 Å². The molecule has 0 radical (unpaired) electrons. The van der Waals surface area contributed by atoms with Crippen LogP contribution in [-0.4, -0.2) is 40.1 Å². The SMILES string of the molecule is O=C(CCC(=O)c1ccc2c(c1)OCCO2)OCc1nc(-c2cccnc2)no1. The van der Waals surface area contributed by atoms with Crippen LogP contribution in [0.15, 0.2) is 47.2 Å². The van der Waals surface area contributed by atoms with E-state index in [-0.39, 0.29) is 31.1 Å². The molecule has 0 aliphatic carbocycles. The molecule has 0 atom stereocenters. The van der Waals surface area contributed by atoms with Gasteiger partial charge < -0.3 is 18.7 Å². The molecular formula is C20H17N3O6. The first-order valence-corrected chi connectivity index (χ1v) is 9.00. The van der Waals surface area contributed by atoms with Crippen LogP contribution >= 0.6 is 0 Å². The second-order valence-electron chi connectivity index (χ2n) is 6.20. The summed E-state index contributed by atoms with van der Waals surface area (Å²) >= 11 is 0. The maximum absolute atomic E-state index is 12.3. The van der Waals surface area contributed by atoms with Crippen molar-refractivity contribution in [2.75, 3.05) is 13.2 Å². The summed E-state index contributed by atoms with van der Waals surface area (Å²) < 4.78 is 21.1. The predicted octanol–water partition coefficient (Wildman–Crippen LogP) is 2.61. The Bertz CT molecular complexity index is 1020. The number of ketones is 1. The van der Waals surface area contributed by atoms with Crippen LogP contribution in [0, 0.1) is 0 Å². The minimum Gasteiger partial charge on any atom is -0.486 e. The lowest BCUT2D eigenvalue weighted by atomic mass is 10.1. The molecule has 9 nitrogen and oxygen atoms in total. The molecule has 0 fully saturated rings. The van der Waals surface area contributed by atoms with Gasteiger partial charge in [0.15, 0.2) is 23.9 Å². The second-order valence-corrected chi connectivity index (χ2v) is 6.20. The summed E-state index contributed by atoms with van der Waals surface area (Å²) in [6.45, 7) is 0.759. The lowest BCUT2D eigenvalue weighted by Gasteiger charge is -2.18. The first-order valence-electron chi connectivity index (χ1n) is 9.00. The molecule has 2 aromatic heterocycles. The number of esters is 1. The molecule has 0 saturated heterocycles. The van der Waals surface area contributed by atoms with Gasteiger partial charge in [-0.05, 0) is 30.3 Å². The Balaban J connectivity index is 1.26. The van der Waals surface area contributed by atoms with E-state index >= 15 is 0 Å². The fourth-order valence-electron chi connectivity index (χ4n) is 2.72. The largest absolute Gasteiger partial charge is 0.486 e. The van der Waals surface area contributed by atoms with Crippen molar-refractivity contribution in [3.8, 4) is 22.9 Å². The van der Waals surface area contributed by atoms with Crippen molar-refractivity contribution in [3.05, 3.63) is 54.2 Å². The minimum atomic E-state index is -0.531. The van der Waals surface area contributed by atoms with Crippen LogP contribution in [0.3, 0.4) is 0 Å². The highest BCUT2D eigenvalue weighted by atomic mass is 16.6. The molecule has 0 bridgehead atoms. The first-order chi connectivity index (χ1) is 14.2. The quantitative estimate of drug-likeness (QED) is 0.440. The maximum atomic E-state index is 12.3. The summed E-state index contributed by atoms with van der Waals surface area (Å²) in [7, 11) is 0. The zero-order valence-electron chi connectivity index (χ0n) is 15.4. The number of carbonyl (C=O) groups excluding carboxylic acids is 2. The number of hydrogen-bond donors (Lipinski definition) is 0. The normalized spacial score (nSPS) is 12.4. The van der Waals surface area contributed by atoms with Crippen molar-refractivity contribution in [1.29, 1.82) is 0 Å². The van der Waals surface area contributed by atoms with Gasteiger partial charge in [-0.3, -0.25) is 14.6 Å². The van der Waals surface area contributed by atoms with Crippen molar-refractivity contribution in [3.63, 3.8) is 0 Å². The summed E-state index contributed by atoms with van der Waals surface area (Å²) in [6, 6.07) is 8.51. The molecule has 4 rings (SSSR count). The van der Waals surface area contributed by atoms with Gasteiger partial charge in [-0.15, -0.1) is 0 Å². The number of nitrogens with zero attached hydrogens (tertiary/aromatic N) is 3. The van der Waals surface area contributed by atoms with Crippen LogP contribution in [0.2, 0.25) is 0 Å². The van der Waals surface area contributed by atoms with Crippen LogP contribution in [0.25, 0.3) is 11.4 Å². The first kappa shape index (κ1) is 18.6. The molecule has 0 unspecified atom stereocenters. The Morgan fingerprint density at radius 1 is 1.07 bits per heavy atom. The van der Waals surface area contributed by atoms with E-state index in [0.29, 0.717) is 41.7 Å². The van der Waals surface area contributed by atoms with Gasteiger partial charge >= 0.3 is 5.97 Å². The summed E-state index contributed by atoms with van der Waals surface area (Å²) in [5.41, 5.74) is 1.15. The van der Waals surface area contributed by atoms with E-state index in [9.17, 15) is 9.59 Å². The zero-order chi connectivity index (χ0) is 20.1. The Morgan fingerprint density at radius 2 is 1.93 bits per heavy atom. The highest BCUT2D eigenvalue weighted by molar-refractivity contribution is 5.98. The summed E-state index contributed by atoms with van der Waals surface area (Å²) in [6.07, 6.45) is 3.20.